The van der Waals surface area contributed by atoms with Crippen LogP contribution in [0, 0.1) is 0 Å². The first-order valence-corrected chi connectivity index (χ1v) is 4.69. The predicted molar refractivity (Wildman–Crippen MR) is 54.5 cm³/mol. The second kappa shape index (κ2) is 6.29. The lowest BCUT2D eigenvalue weighted by atomic mass is 10.2. The van der Waals surface area contributed by atoms with Gasteiger partial charge in [0.2, 0.25) is 0 Å². The third-order valence-electron chi connectivity index (χ3n) is 0.407. The van der Waals surface area contributed by atoms with Gasteiger partial charge in [0.05, 0.1) is 0 Å². The minimum absolute atomic E-state index is 0.453. The first kappa shape index (κ1) is 14.3. The van der Waals surface area contributed by atoms with Crippen molar-refractivity contribution in [2.75, 3.05) is 0 Å². The van der Waals surface area contributed by atoms with Gasteiger partial charge in [0.15, 0.2) is 0 Å². The minimum Gasteiger partial charge on any atom is -0.444 e. The molecule has 4 heteroatoms. The van der Waals surface area contributed by atoms with E-state index in [-0.39, 0.29) is 0 Å². The highest BCUT2D eigenvalue weighted by Gasteiger charge is 2.12. The molecule has 0 aliphatic rings. The van der Waals surface area contributed by atoms with Crippen LogP contribution in [0.25, 0.3) is 0 Å². The van der Waals surface area contributed by atoms with E-state index in [1.807, 2.05) is 0 Å². The molecule has 0 bridgehead atoms. The van der Waals surface area contributed by atoms with E-state index in [4.69, 9.17) is 5.73 Å². The zero-order chi connectivity index (χ0) is 10.4. The van der Waals surface area contributed by atoms with Crippen molar-refractivity contribution in [1.29, 1.82) is 0 Å². The van der Waals surface area contributed by atoms with Crippen molar-refractivity contribution in [3.63, 3.8) is 0 Å². The number of primary amides is 1. The summed E-state index contributed by atoms with van der Waals surface area (Å²) in [6.45, 7) is 9.45. The Balaban J connectivity index is 0. The van der Waals surface area contributed by atoms with Gasteiger partial charge in [-0.2, -0.15) is 0 Å². The first-order chi connectivity index (χ1) is 5.15. The molecular weight excluding hydrogens is 222 g/mol. The number of hydrogen-bond acceptors (Lipinski definition) is 2. The second-order valence-electron chi connectivity index (χ2n) is 3.55. The summed E-state index contributed by atoms with van der Waals surface area (Å²) in [5.41, 5.74) is 4.26. The van der Waals surface area contributed by atoms with E-state index in [9.17, 15) is 4.79 Å². The van der Waals surface area contributed by atoms with Crippen molar-refractivity contribution >= 4 is 22.0 Å². The Labute approximate surface area is 82.8 Å². The Morgan fingerprint density at radius 3 is 1.67 bits per heavy atom. The van der Waals surface area contributed by atoms with E-state index >= 15 is 0 Å². The van der Waals surface area contributed by atoms with Crippen LogP contribution in [0.2, 0.25) is 0 Å². The monoisotopic (exact) mass is 239 g/mol. The van der Waals surface area contributed by atoms with Crippen molar-refractivity contribution in [1.82, 2.24) is 0 Å². The lowest BCUT2D eigenvalue weighted by Gasteiger charge is -2.16. The Morgan fingerprint density at radius 1 is 1.42 bits per heavy atom. The first-order valence-electron chi connectivity index (χ1n) is 3.77. The molecule has 0 saturated heterocycles. The molecule has 0 heterocycles. The van der Waals surface area contributed by atoms with Gasteiger partial charge in [0.1, 0.15) is 5.60 Å². The number of carbonyl (C=O) groups is 1. The van der Waals surface area contributed by atoms with Crippen LogP contribution in [0.1, 0.15) is 34.6 Å². The molecule has 2 N–H and O–H groups in total. The molecule has 0 unspecified atom stereocenters. The van der Waals surface area contributed by atoms with Gasteiger partial charge < -0.3 is 10.5 Å². The second-order valence-corrected chi connectivity index (χ2v) is 5.38. The molecule has 0 aliphatic carbocycles. The number of rotatable bonds is 0. The summed E-state index contributed by atoms with van der Waals surface area (Å²) in [6.07, 6.45) is -0.725. The van der Waals surface area contributed by atoms with Crippen molar-refractivity contribution in [2.24, 2.45) is 5.73 Å². The summed E-state index contributed by atoms with van der Waals surface area (Å²) in [5.74, 6) is 0. The molecule has 74 valence electrons. The molecular formula is C8H18BrNO2. The van der Waals surface area contributed by atoms with Crippen LogP contribution in [0.15, 0.2) is 0 Å². The van der Waals surface area contributed by atoms with E-state index < -0.39 is 11.7 Å². The Bertz CT molecular complexity index is 127. The zero-order valence-corrected chi connectivity index (χ0v) is 9.94. The van der Waals surface area contributed by atoms with Crippen LogP contribution in [0.4, 0.5) is 4.79 Å². The van der Waals surface area contributed by atoms with E-state index in [0.717, 1.165) is 0 Å². The van der Waals surface area contributed by atoms with E-state index in [1.165, 1.54) is 0 Å². The molecule has 0 saturated carbocycles. The van der Waals surface area contributed by atoms with E-state index in [2.05, 4.69) is 34.5 Å². The van der Waals surface area contributed by atoms with Gasteiger partial charge in [-0.15, -0.1) is 0 Å². The fraction of sp³-hybridized carbons (Fsp3) is 0.875. The van der Waals surface area contributed by atoms with Crippen LogP contribution < -0.4 is 5.73 Å². The molecule has 12 heavy (non-hydrogen) atoms. The Kier molecular flexibility index (Phi) is 7.48. The summed E-state index contributed by atoms with van der Waals surface area (Å²) in [6, 6.07) is 0. The fourth-order valence-electron chi connectivity index (χ4n) is 0.302. The average molecular weight is 240 g/mol. The summed E-state index contributed by atoms with van der Waals surface area (Å²) in [4.78, 5) is 10.7. The predicted octanol–water partition coefficient (Wildman–Crippen LogP) is 2.67. The third-order valence-corrected chi connectivity index (χ3v) is 0.407. The highest BCUT2D eigenvalue weighted by molar-refractivity contribution is 9.09. The molecule has 1 amide bonds. The van der Waals surface area contributed by atoms with Crippen molar-refractivity contribution in [2.45, 2.75) is 45.0 Å². The number of amides is 1. The van der Waals surface area contributed by atoms with Gasteiger partial charge in [-0.1, -0.05) is 29.8 Å². The maximum atomic E-state index is 10.0. The van der Waals surface area contributed by atoms with Crippen molar-refractivity contribution in [3.8, 4) is 0 Å². The Hall–Kier alpha value is -0.250. The minimum atomic E-state index is -0.725. The molecule has 0 spiro atoms. The number of ether oxygens (including phenoxy) is 1. The summed E-state index contributed by atoms with van der Waals surface area (Å²) in [5, 5.41) is 0. The SMILES string of the molecule is CC(C)(C)OC(N)=O.CC(C)Br. The molecule has 0 aliphatic heterocycles. The van der Waals surface area contributed by atoms with Crippen LogP contribution in [-0.2, 0) is 4.74 Å². The molecule has 0 aromatic heterocycles. The normalized spacial score (nSPS) is 10.2. The zero-order valence-electron chi connectivity index (χ0n) is 8.35. The van der Waals surface area contributed by atoms with Gasteiger partial charge in [0.25, 0.3) is 0 Å². The largest absolute Gasteiger partial charge is 0.444 e. The maximum Gasteiger partial charge on any atom is 0.405 e. The van der Waals surface area contributed by atoms with Crippen LogP contribution in [0.3, 0.4) is 0 Å². The number of hydrogen-bond donors (Lipinski definition) is 1. The maximum absolute atomic E-state index is 10.0. The van der Waals surface area contributed by atoms with Gasteiger partial charge >= 0.3 is 6.09 Å². The van der Waals surface area contributed by atoms with Gasteiger partial charge in [-0.3, -0.25) is 0 Å². The molecule has 0 radical (unpaired) electrons. The molecule has 0 fully saturated rings. The lowest BCUT2D eigenvalue weighted by Crippen LogP contribution is -2.27. The summed E-state index contributed by atoms with van der Waals surface area (Å²) < 4.78 is 4.58. The highest BCUT2D eigenvalue weighted by atomic mass is 79.9. The van der Waals surface area contributed by atoms with E-state index in [0.29, 0.717) is 4.83 Å². The lowest BCUT2D eigenvalue weighted by molar-refractivity contribution is 0.0600. The Morgan fingerprint density at radius 2 is 1.67 bits per heavy atom. The topological polar surface area (TPSA) is 52.3 Å². The molecule has 3 nitrogen and oxygen atoms in total. The van der Waals surface area contributed by atoms with Crippen LogP contribution in [0.5, 0.6) is 0 Å². The summed E-state index contributed by atoms with van der Waals surface area (Å²) in [7, 11) is 0. The number of alkyl halides is 1. The third kappa shape index (κ3) is 33.1. The average Bonchev–Trinajstić information content (AvgIpc) is 1.52. The van der Waals surface area contributed by atoms with Gasteiger partial charge in [-0.05, 0) is 20.8 Å². The molecule has 0 atom stereocenters. The fourth-order valence-corrected chi connectivity index (χ4v) is 0.302. The van der Waals surface area contributed by atoms with Gasteiger partial charge in [-0.25, -0.2) is 4.79 Å². The number of nitrogens with two attached hydrogens (primary N) is 1. The highest BCUT2D eigenvalue weighted by Crippen LogP contribution is 2.04. The van der Waals surface area contributed by atoms with Crippen molar-refractivity contribution in [3.05, 3.63) is 0 Å². The van der Waals surface area contributed by atoms with Crippen LogP contribution in [-0.4, -0.2) is 16.5 Å². The van der Waals surface area contributed by atoms with Gasteiger partial charge in [0, 0.05) is 4.83 Å². The summed E-state index contributed by atoms with van der Waals surface area (Å²) >= 11 is 3.27. The van der Waals surface area contributed by atoms with Crippen LogP contribution >= 0.6 is 15.9 Å². The molecule has 0 rings (SSSR count). The number of halogens is 1. The molecule has 0 aromatic rings. The standard InChI is InChI=1S/C5H11NO2.C3H7Br/c1-5(2,3)8-4(6)7;1-3(2)4/h1-3H3,(H2,6,7);3H,1-2H3. The molecule has 0 aromatic carbocycles. The smallest absolute Gasteiger partial charge is 0.405 e. The quantitative estimate of drug-likeness (QED) is 0.662. The van der Waals surface area contributed by atoms with E-state index in [1.54, 1.807) is 20.8 Å². The number of carbonyl (C=O) groups excluding carboxylic acids is 1. The van der Waals surface area contributed by atoms with Crippen molar-refractivity contribution < 1.29 is 9.53 Å².